The molecular formula is C30H24N2O4. The van der Waals surface area contributed by atoms with E-state index >= 15 is 0 Å². The number of para-hydroxylation sites is 1. The summed E-state index contributed by atoms with van der Waals surface area (Å²) in [5.74, 6) is -0.175. The van der Waals surface area contributed by atoms with Gasteiger partial charge in [0.15, 0.2) is 6.10 Å². The van der Waals surface area contributed by atoms with Crippen LogP contribution >= 0.6 is 0 Å². The fourth-order valence-corrected chi connectivity index (χ4v) is 5.42. The fraction of sp³-hybridized carbons (Fsp3) is 0.133. The Labute approximate surface area is 209 Å². The van der Waals surface area contributed by atoms with Crippen LogP contribution in [0.4, 0.5) is 11.4 Å². The van der Waals surface area contributed by atoms with E-state index in [2.05, 4.69) is 0 Å². The molecule has 2 heterocycles. The average molecular weight is 477 g/mol. The predicted molar refractivity (Wildman–Crippen MR) is 137 cm³/mol. The Balaban J connectivity index is 1.60. The van der Waals surface area contributed by atoms with Gasteiger partial charge in [-0.3, -0.25) is 14.4 Å². The lowest BCUT2D eigenvalue weighted by Gasteiger charge is -2.35. The maximum Gasteiger partial charge on any atom is 0.267 e. The number of hydrogen-bond donors (Lipinski definition) is 0. The molecule has 6 nitrogen and oxygen atoms in total. The first-order valence-corrected chi connectivity index (χ1v) is 11.8. The van der Waals surface area contributed by atoms with Gasteiger partial charge in [0.1, 0.15) is 17.2 Å². The number of carbonyl (C=O) groups excluding carboxylic acids is 2. The zero-order valence-electron chi connectivity index (χ0n) is 19.7. The highest BCUT2D eigenvalue weighted by molar-refractivity contribution is 6.28. The van der Waals surface area contributed by atoms with Crippen LogP contribution < -0.4 is 14.7 Å². The molecule has 6 rings (SSSR count). The van der Waals surface area contributed by atoms with Crippen molar-refractivity contribution in [2.45, 2.75) is 17.6 Å². The van der Waals surface area contributed by atoms with Crippen molar-refractivity contribution in [1.82, 2.24) is 0 Å². The number of hydrogen-bond acceptors (Lipinski definition) is 5. The maximum atomic E-state index is 14.6. The van der Waals surface area contributed by atoms with E-state index in [-0.39, 0.29) is 5.91 Å². The Morgan fingerprint density at radius 3 is 2.03 bits per heavy atom. The first-order chi connectivity index (χ1) is 17.7. The minimum absolute atomic E-state index is 0.329. The number of nitrogens with zero attached hydrogens (tertiary/aromatic N) is 2. The summed E-state index contributed by atoms with van der Waals surface area (Å²) < 4.78 is 5.37. The third-order valence-electron chi connectivity index (χ3n) is 6.99. The number of imide groups is 1. The Morgan fingerprint density at radius 2 is 1.36 bits per heavy atom. The molecule has 3 atom stereocenters. The number of methoxy groups -OCH3 is 1. The molecule has 2 fully saturated rings. The van der Waals surface area contributed by atoms with Gasteiger partial charge in [-0.15, -0.1) is 0 Å². The topological polar surface area (TPSA) is 59.1 Å². The molecule has 0 spiro atoms. The molecular weight excluding hydrogens is 452 g/mol. The molecule has 3 unspecified atom stereocenters. The SMILES string of the molecule is COc1cccc(N2C(=O)C3ON(c4ccccc4)C(c4ccccc4)C3(c3ccccc3)C2=O)c1. The van der Waals surface area contributed by atoms with Crippen molar-refractivity contribution in [3.63, 3.8) is 0 Å². The van der Waals surface area contributed by atoms with E-state index in [1.807, 2.05) is 91.0 Å². The van der Waals surface area contributed by atoms with Gasteiger partial charge in [0, 0.05) is 6.07 Å². The second-order valence-electron chi connectivity index (χ2n) is 8.88. The summed E-state index contributed by atoms with van der Waals surface area (Å²) in [6, 6.07) is 35.2. The molecule has 0 radical (unpaired) electrons. The summed E-state index contributed by atoms with van der Waals surface area (Å²) in [5.41, 5.74) is 1.52. The number of benzene rings is 4. The summed E-state index contributed by atoms with van der Waals surface area (Å²) in [5, 5.41) is 1.73. The van der Waals surface area contributed by atoms with Crippen LogP contribution in [0.2, 0.25) is 0 Å². The minimum Gasteiger partial charge on any atom is -0.497 e. The van der Waals surface area contributed by atoms with Gasteiger partial charge in [0.05, 0.1) is 18.5 Å². The van der Waals surface area contributed by atoms with Crippen molar-refractivity contribution in [1.29, 1.82) is 0 Å². The molecule has 0 bridgehead atoms. The fourth-order valence-electron chi connectivity index (χ4n) is 5.42. The highest BCUT2D eigenvalue weighted by Crippen LogP contribution is 2.57. The van der Waals surface area contributed by atoms with Crippen LogP contribution in [0.15, 0.2) is 115 Å². The highest BCUT2D eigenvalue weighted by Gasteiger charge is 2.72. The summed E-state index contributed by atoms with van der Waals surface area (Å²) in [4.78, 5) is 36.4. The summed E-state index contributed by atoms with van der Waals surface area (Å²) >= 11 is 0. The van der Waals surface area contributed by atoms with Crippen molar-refractivity contribution in [3.05, 3.63) is 126 Å². The first kappa shape index (κ1) is 22.1. The second-order valence-corrected chi connectivity index (χ2v) is 8.88. The van der Waals surface area contributed by atoms with E-state index in [9.17, 15) is 9.59 Å². The third-order valence-corrected chi connectivity index (χ3v) is 6.99. The lowest BCUT2D eigenvalue weighted by Crippen LogP contribution is -2.46. The molecule has 0 aliphatic carbocycles. The molecule has 0 N–H and O–H groups in total. The quantitative estimate of drug-likeness (QED) is 0.377. The Bertz CT molecular complexity index is 1410. The van der Waals surface area contributed by atoms with Crippen LogP contribution in [-0.2, 0) is 19.8 Å². The number of amides is 2. The van der Waals surface area contributed by atoms with Crippen LogP contribution in [0.3, 0.4) is 0 Å². The van der Waals surface area contributed by atoms with E-state index in [0.717, 1.165) is 16.8 Å². The number of fused-ring (bicyclic) bond motifs is 1. The van der Waals surface area contributed by atoms with Crippen LogP contribution in [0.5, 0.6) is 5.75 Å². The summed E-state index contributed by atoms with van der Waals surface area (Å²) in [6.45, 7) is 0. The van der Waals surface area contributed by atoms with Crippen LogP contribution in [0, 0.1) is 0 Å². The Morgan fingerprint density at radius 1 is 0.750 bits per heavy atom. The molecule has 2 amide bonds. The molecule has 2 saturated heterocycles. The van der Waals surface area contributed by atoms with E-state index in [0.29, 0.717) is 11.4 Å². The van der Waals surface area contributed by atoms with Gasteiger partial charge < -0.3 is 4.74 Å². The van der Waals surface area contributed by atoms with Crippen molar-refractivity contribution < 1.29 is 19.2 Å². The molecule has 4 aromatic rings. The Kier molecular flexibility index (Phi) is 5.31. The number of ether oxygens (including phenoxy) is 1. The van der Waals surface area contributed by atoms with E-state index in [1.54, 1.807) is 36.4 Å². The van der Waals surface area contributed by atoms with Gasteiger partial charge >= 0.3 is 0 Å². The normalized spacial score (nSPS) is 23.1. The smallest absolute Gasteiger partial charge is 0.267 e. The van der Waals surface area contributed by atoms with Gasteiger partial charge in [-0.25, -0.2) is 9.96 Å². The van der Waals surface area contributed by atoms with E-state index in [1.165, 1.54) is 4.90 Å². The molecule has 0 saturated carbocycles. The largest absolute Gasteiger partial charge is 0.497 e. The predicted octanol–water partition coefficient (Wildman–Crippen LogP) is 5.07. The standard InChI is InChI=1S/C30H24N2O4/c1-35-25-19-11-18-24(20-25)31-28(33)27-30(29(31)34,22-14-7-3-8-15-22)26(21-12-5-2-6-13-21)32(36-27)23-16-9-4-10-17-23/h2-20,26-27H,1H3. The van der Waals surface area contributed by atoms with Crippen molar-refractivity contribution in [2.75, 3.05) is 17.1 Å². The average Bonchev–Trinajstić information content (AvgIpc) is 3.41. The van der Waals surface area contributed by atoms with Gasteiger partial charge in [-0.1, -0.05) is 84.9 Å². The highest BCUT2D eigenvalue weighted by atomic mass is 16.7. The Hall–Kier alpha value is -4.42. The van der Waals surface area contributed by atoms with Crippen molar-refractivity contribution >= 4 is 23.2 Å². The maximum absolute atomic E-state index is 14.6. The second kappa shape index (κ2) is 8.66. The number of rotatable bonds is 5. The number of hydroxylamine groups is 1. The van der Waals surface area contributed by atoms with E-state index in [4.69, 9.17) is 9.57 Å². The summed E-state index contributed by atoms with van der Waals surface area (Å²) in [7, 11) is 1.55. The summed E-state index contributed by atoms with van der Waals surface area (Å²) in [6.07, 6.45) is -1.05. The van der Waals surface area contributed by atoms with Crippen molar-refractivity contribution in [3.8, 4) is 5.75 Å². The van der Waals surface area contributed by atoms with Gasteiger partial charge in [-0.05, 0) is 35.4 Å². The third kappa shape index (κ3) is 3.15. The molecule has 36 heavy (non-hydrogen) atoms. The van der Waals surface area contributed by atoms with Crippen LogP contribution in [-0.4, -0.2) is 25.0 Å². The van der Waals surface area contributed by atoms with Gasteiger partial charge in [-0.2, -0.15) is 0 Å². The molecule has 0 aromatic heterocycles. The van der Waals surface area contributed by atoms with E-state index < -0.39 is 23.5 Å². The number of anilines is 2. The monoisotopic (exact) mass is 476 g/mol. The molecule has 2 aliphatic rings. The molecule has 2 aliphatic heterocycles. The zero-order valence-corrected chi connectivity index (χ0v) is 19.7. The molecule has 4 aromatic carbocycles. The molecule has 6 heteroatoms. The van der Waals surface area contributed by atoms with Gasteiger partial charge in [0.25, 0.3) is 5.91 Å². The van der Waals surface area contributed by atoms with Crippen LogP contribution in [0.1, 0.15) is 17.2 Å². The molecule has 178 valence electrons. The zero-order chi connectivity index (χ0) is 24.7. The lowest BCUT2D eigenvalue weighted by molar-refractivity contribution is -0.126. The first-order valence-electron chi connectivity index (χ1n) is 11.8. The number of carbonyl (C=O) groups is 2. The minimum atomic E-state index is -1.31. The van der Waals surface area contributed by atoms with Gasteiger partial charge in [0.2, 0.25) is 5.91 Å². The van der Waals surface area contributed by atoms with Crippen molar-refractivity contribution in [2.24, 2.45) is 0 Å². The van der Waals surface area contributed by atoms with Crippen LogP contribution in [0.25, 0.3) is 0 Å². The lowest BCUT2D eigenvalue weighted by atomic mass is 9.69.